The van der Waals surface area contributed by atoms with Crippen LogP contribution in [0.15, 0.2) is 11.9 Å². The number of amides is 1. The largest absolute Gasteiger partial charge is 0.445 e. The Labute approximate surface area is 146 Å². The first-order valence-corrected chi connectivity index (χ1v) is 7.63. The number of nitrogens with one attached hydrogen (secondary N) is 3. The molecule has 0 aliphatic heterocycles. The van der Waals surface area contributed by atoms with E-state index in [9.17, 15) is 4.79 Å². The van der Waals surface area contributed by atoms with Crippen LogP contribution < -0.4 is 10.6 Å². The summed E-state index contributed by atoms with van der Waals surface area (Å²) < 4.78 is 8.03. The number of hydrogen-bond donors (Lipinski definition) is 3. The molecule has 128 valence electrons. The lowest BCUT2D eigenvalue weighted by molar-refractivity contribution is 0.150. The van der Waals surface area contributed by atoms with E-state index in [4.69, 9.17) is 49.7 Å². The third-order valence-electron chi connectivity index (χ3n) is 2.32. The highest BCUT2D eigenvalue weighted by molar-refractivity contribution is 6.67. The fourth-order valence-electron chi connectivity index (χ4n) is 1.07. The van der Waals surface area contributed by atoms with Gasteiger partial charge in [-0.2, -0.15) is 0 Å². The van der Waals surface area contributed by atoms with E-state index in [0.717, 1.165) is 0 Å². The maximum atomic E-state index is 11.7. The monoisotopic (exact) mass is 373 g/mol. The topological polar surface area (TPSA) is 83.4 Å². The highest BCUT2D eigenvalue weighted by Gasteiger charge is 2.22. The summed E-state index contributed by atoms with van der Waals surface area (Å²) in [5.74, 6) is 0.311. The maximum absolute atomic E-state index is 11.7. The Morgan fingerprint density at radius 2 is 1.86 bits per heavy atom. The number of rotatable bonds is 7. The van der Waals surface area contributed by atoms with E-state index in [1.807, 2.05) is 20.8 Å². The second-order valence-corrected chi connectivity index (χ2v) is 7.97. The summed E-state index contributed by atoms with van der Waals surface area (Å²) in [6.45, 7) is 6.17. The smallest absolute Gasteiger partial charge is 0.412 e. The van der Waals surface area contributed by atoms with E-state index in [2.05, 4.69) is 10.6 Å². The average Bonchev–Trinajstić information content (AvgIpc) is 2.34. The van der Waals surface area contributed by atoms with Crippen molar-refractivity contribution < 1.29 is 14.3 Å². The molecule has 0 aromatic rings. The molecule has 0 saturated carbocycles. The standard InChI is InChI=1S/C13H22Cl3N3O3/c1-12(2,3)9(17)7-10(18-5-6-21-4)19-11(20)22-8-13(14,15)16/h7,17-18H,5-6,8H2,1-4H3,(H,19,20)/b10-7+,17-9?. The van der Waals surface area contributed by atoms with Gasteiger partial charge in [0.15, 0.2) is 0 Å². The zero-order chi connectivity index (χ0) is 17.4. The molecule has 0 aromatic carbocycles. The lowest BCUT2D eigenvalue weighted by atomic mass is 9.90. The second kappa shape index (κ2) is 9.45. The maximum Gasteiger partial charge on any atom is 0.412 e. The number of methoxy groups -OCH3 is 1. The summed E-state index contributed by atoms with van der Waals surface area (Å²) in [6.07, 6.45) is 0.718. The lowest BCUT2D eigenvalue weighted by Gasteiger charge is -2.19. The van der Waals surface area contributed by atoms with Gasteiger partial charge >= 0.3 is 6.09 Å². The summed E-state index contributed by atoms with van der Waals surface area (Å²) in [4.78, 5) is 11.7. The van der Waals surface area contributed by atoms with Crippen LogP contribution in [0.5, 0.6) is 0 Å². The Morgan fingerprint density at radius 3 is 2.32 bits per heavy atom. The van der Waals surface area contributed by atoms with Crippen molar-refractivity contribution in [3.05, 3.63) is 11.9 Å². The van der Waals surface area contributed by atoms with Gasteiger partial charge in [0, 0.05) is 24.8 Å². The molecule has 0 rings (SSSR count). The van der Waals surface area contributed by atoms with Crippen molar-refractivity contribution in [2.24, 2.45) is 5.41 Å². The van der Waals surface area contributed by atoms with Crippen LogP contribution in [0.25, 0.3) is 0 Å². The highest BCUT2D eigenvalue weighted by Crippen LogP contribution is 2.25. The Kier molecular flexibility index (Phi) is 9.15. The van der Waals surface area contributed by atoms with Gasteiger partial charge in [0.1, 0.15) is 12.4 Å². The Bertz CT molecular complexity index is 415. The van der Waals surface area contributed by atoms with Crippen LogP contribution in [0.4, 0.5) is 4.79 Å². The number of ether oxygens (including phenoxy) is 2. The summed E-state index contributed by atoms with van der Waals surface area (Å²) >= 11 is 16.5. The summed E-state index contributed by atoms with van der Waals surface area (Å²) in [7, 11) is 1.56. The van der Waals surface area contributed by atoms with Crippen LogP contribution in [0.1, 0.15) is 20.8 Å². The van der Waals surface area contributed by atoms with Crippen LogP contribution >= 0.6 is 34.8 Å². The van der Waals surface area contributed by atoms with Crippen LogP contribution in [-0.4, -0.2) is 42.5 Å². The normalized spacial score (nSPS) is 12.8. The molecule has 0 bridgehead atoms. The molecule has 0 heterocycles. The highest BCUT2D eigenvalue weighted by atomic mass is 35.6. The predicted octanol–water partition coefficient (Wildman–Crippen LogP) is 3.23. The van der Waals surface area contributed by atoms with Crippen molar-refractivity contribution in [2.45, 2.75) is 24.6 Å². The molecule has 0 atom stereocenters. The van der Waals surface area contributed by atoms with Gasteiger partial charge in [-0.3, -0.25) is 5.32 Å². The number of carbonyl (C=O) groups excluding carboxylic acids is 1. The van der Waals surface area contributed by atoms with E-state index >= 15 is 0 Å². The summed E-state index contributed by atoms with van der Waals surface area (Å²) in [6, 6.07) is 0. The van der Waals surface area contributed by atoms with E-state index in [-0.39, 0.29) is 12.0 Å². The third kappa shape index (κ3) is 11.0. The van der Waals surface area contributed by atoms with Gasteiger partial charge in [0.25, 0.3) is 0 Å². The minimum atomic E-state index is -1.68. The van der Waals surface area contributed by atoms with Crippen LogP contribution in [0, 0.1) is 10.8 Å². The zero-order valence-electron chi connectivity index (χ0n) is 13.1. The van der Waals surface area contributed by atoms with Crippen LogP contribution in [0.2, 0.25) is 0 Å². The molecule has 0 spiro atoms. The average molecular weight is 375 g/mol. The number of hydrogen-bond acceptors (Lipinski definition) is 5. The van der Waals surface area contributed by atoms with Crippen molar-refractivity contribution in [1.82, 2.24) is 10.6 Å². The number of allylic oxidation sites excluding steroid dienone is 1. The Balaban J connectivity index is 4.76. The molecule has 3 N–H and O–H groups in total. The summed E-state index contributed by atoms with van der Waals surface area (Å²) in [5.41, 5.74) is -0.0359. The van der Waals surface area contributed by atoms with Crippen LogP contribution in [0.3, 0.4) is 0 Å². The first kappa shape index (κ1) is 21.3. The van der Waals surface area contributed by atoms with E-state index < -0.39 is 9.89 Å². The number of carbonyl (C=O) groups is 1. The first-order chi connectivity index (χ1) is 9.95. The van der Waals surface area contributed by atoms with Gasteiger partial charge in [-0.25, -0.2) is 4.79 Å². The molecule has 0 aliphatic rings. The lowest BCUT2D eigenvalue weighted by Crippen LogP contribution is -2.36. The van der Waals surface area contributed by atoms with Crippen molar-refractivity contribution >= 4 is 46.6 Å². The molecule has 0 aliphatic carbocycles. The molecular weight excluding hydrogens is 353 g/mol. The summed E-state index contributed by atoms with van der Waals surface area (Å²) in [5, 5.41) is 13.4. The van der Waals surface area contributed by atoms with Gasteiger partial charge in [0.05, 0.1) is 6.61 Å². The fraction of sp³-hybridized carbons (Fsp3) is 0.692. The minimum absolute atomic E-state index is 0.311. The molecule has 0 aromatic heterocycles. The zero-order valence-corrected chi connectivity index (χ0v) is 15.3. The van der Waals surface area contributed by atoms with Crippen molar-refractivity contribution in [3.63, 3.8) is 0 Å². The molecule has 1 amide bonds. The molecule has 0 fully saturated rings. The number of halogens is 3. The van der Waals surface area contributed by atoms with Gasteiger partial charge in [-0.05, 0) is 6.08 Å². The van der Waals surface area contributed by atoms with E-state index in [1.54, 1.807) is 7.11 Å². The van der Waals surface area contributed by atoms with Gasteiger partial charge < -0.3 is 20.2 Å². The molecular formula is C13H22Cl3N3O3. The van der Waals surface area contributed by atoms with E-state index in [0.29, 0.717) is 24.7 Å². The second-order valence-electron chi connectivity index (χ2n) is 5.46. The van der Waals surface area contributed by atoms with Crippen molar-refractivity contribution in [3.8, 4) is 0 Å². The molecule has 0 unspecified atom stereocenters. The molecule has 22 heavy (non-hydrogen) atoms. The Hall–Kier alpha value is -0.690. The van der Waals surface area contributed by atoms with Crippen molar-refractivity contribution in [1.29, 1.82) is 5.41 Å². The number of alkyl halides is 3. The fourth-order valence-corrected chi connectivity index (χ4v) is 1.24. The van der Waals surface area contributed by atoms with E-state index in [1.165, 1.54) is 6.08 Å². The van der Waals surface area contributed by atoms with Gasteiger partial charge in [0.2, 0.25) is 3.79 Å². The predicted molar refractivity (Wildman–Crippen MR) is 89.9 cm³/mol. The molecule has 0 radical (unpaired) electrons. The van der Waals surface area contributed by atoms with Crippen LogP contribution in [-0.2, 0) is 9.47 Å². The quantitative estimate of drug-likeness (QED) is 0.363. The Morgan fingerprint density at radius 1 is 1.27 bits per heavy atom. The first-order valence-electron chi connectivity index (χ1n) is 6.50. The van der Waals surface area contributed by atoms with Crippen molar-refractivity contribution in [2.75, 3.05) is 26.9 Å². The number of alkyl carbamates (subject to hydrolysis) is 1. The van der Waals surface area contributed by atoms with Gasteiger partial charge in [-0.1, -0.05) is 55.6 Å². The SMILES string of the molecule is COCCN/C(=C\C(=N)C(C)(C)C)NC(=O)OCC(Cl)(Cl)Cl. The molecule has 0 saturated heterocycles. The molecule has 9 heteroatoms. The van der Waals surface area contributed by atoms with Gasteiger partial charge in [-0.15, -0.1) is 0 Å². The third-order valence-corrected chi connectivity index (χ3v) is 2.65. The molecule has 6 nitrogen and oxygen atoms in total. The minimum Gasteiger partial charge on any atom is -0.445 e.